The topological polar surface area (TPSA) is 98.7 Å². The van der Waals surface area contributed by atoms with E-state index in [1.165, 1.54) is 17.8 Å². The molecule has 8 heteroatoms. The Morgan fingerprint density at radius 3 is 2.70 bits per heavy atom. The molecule has 1 aliphatic carbocycles. The Labute approximate surface area is 174 Å². The van der Waals surface area contributed by atoms with Gasteiger partial charge in [-0.3, -0.25) is 0 Å². The van der Waals surface area contributed by atoms with Crippen LogP contribution in [-0.4, -0.2) is 30.7 Å². The van der Waals surface area contributed by atoms with Gasteiger partial charge in [-0.15, -0.1) is 0 Å². The average Bonchev–Trinajstić information content (AvgIpc) is 3.32. The molecule has 3 aromatic rings. The van der Waals surface area contributed by atoms with E-state index in [4.69, 9.17) is 29.6 Å². The maximum atomic E-state index is 6.38. The first-order chi connectivity index (χ1) is 14.7. The highest BCUT2D eigenvalue weighted by molar-refractivity contribution is 5.92. The molecule has 0 bridgehead atoms. The lowest BCUT2D eigenvalue weighted by Gasteiger charge is -2.40. The molecule has 3 N–H and O–H groups in total. The minimum absolute atomic E-state index is 0.0474. The van der Waals surface area contributed by atoms with E-state index in [-0.39, 0.29) is 6.04 Å². The fourth-order valence-corrected chi connectivity index (χ4v) is 4.39. The number of rotatable bonds is 4. The number of furan rings is 1. The molecule has 1 atom stereocenters. The van der Waals surface area contributed by atoms with E-state index >= 15 is 0 Å². The molecule has 0 amide bonds. The summed E-state index contributed by atoms with van der Waals surface area (Å²) in [6.07, 6.45) is 6.02. The van der Waals surface area contributed by atoms with Gasteiger partial charge in [-0.1, -0.05) is 0 Å². The van der Waals surface area contributed by atoms with Gasteiger partial charge in [-0.2, -0.15) is 4.98 Å². The number of nitrogens with one attached hydrogen (secondary N) is 1. The number of fused-ring (bicyclic) bond motifs is 1. The van der Waals surface area contributed by atoms with Crippen molar-refractivity contribution in [3.63, 3.8) is 0 Å². The van der Waals surface area contributed by atoms with Crippen LogP contribution in [0.3, 0.4) is 0 Å². The van der Waals surface area contributed by atoms with Crippen molar-refractivity contribution in [2.75, 3.05) is 31.4 Å². The zero-order valence-corrected chi connectivity index (χ0v) is 17.1. The van der Waals surface area contributed by atoms with Crippen molar-refractivity contribution < 1.29 is 13.9 Å². The highest BCUT2D eigenvalue weighted by Crippen LogP contribution is 2.40. The lowest BCUT2D eigenvalue weighted by Crippen LogP contribution is -2.43. The van der Waals surface area contributed by atoms with Crippen LogP contribution in [0.4, 0.5) is 11.8 Å². The number of allylic oxidation sites excluding steroid dienone is 2. The molecule has 30 heavy (non-hydrogen) atoms. The number of benzene rings is 1. The van der Waals surface area contributed by atoms with Crippen LogP contribution >= 0.6 is 0 Å². The molecular weight excluding hydrogens is 382 g/mol. The third-order valence-electron chi connectivity index (χ3n) is 5.86. The zero-order valence-electron chi connectivity index (χ0n) is 17.1. The van der Waals surface area contributed by atoms with Gasteiger partial charge < -0.3 is 29.8 Å². The minimum Gasteiger partial charge on any atom is -0.493 e. The van der Waals surface area contributed by atoms with Gasteiger partial charge >= 0.3 is 0 Å². The first kappa shape index (κ1) is 18.6. The summed E-state index contributed by atoms with van der Waals surface area (Å²) in [6.45, 7) is 0.722. The van der Waals surface area contributed by atoms with Gasteiger partial charge in [-0.05, 0) is 43.9 Å². The van der Waals surface area contributed by atoms with Crippen molar-refractivity contribution in [1.82, 2.24) is 15.3 Å². The van der Waals surface area contributed by atoms with Crippen molar-refractivity contribution in [3.8, 4) is 11.5 Å². The van der Waals surface area contributed by atoms with Crippen molar-refractivity contribution in [3.05, 3.63) is 47.7 Å². The largest absolute Gasteiger partial charge is 0.493 e. The van der Waals surface area contributed by atoms with E-state index < -0.39 is 0 Å². The fraction of sp³-hybridized carbons (Fsp3) is 0.364. The van der Waals surface area contributed by atoms with Gasteiger partial charge in [0.25, 0.3) is 0 Å². The number of nitrogens with two attached hydrogens (primary N) is 1. The highest BCUT2D eigenvalue weighted by Gasteiger charge is 2.35. The third kappa shape index (κ3) is 2.99. The molecule has 1 aliphatic heterocycles. The van der Waals surface area contributed by atoms with E-state index in [0.29, 0.717) is 28.8 Å². The molecule has 0 fully saturated rings. The van der Waals surface area contributed by atoms with Crippen LogP contribution in [0, 0.1) is 0 Å². The van der Waals surface area contributed by atoms with Crippen LogP contribution < -0.4 is 25.4 Å². The number of methoxy groups -OCH3 is 2. The molecule has 1 aromatic carbocycles. The molecule has 5 rings (SSSR count). The summed E-state index contributed by atoms with van der Waals surface area (Å²) in [5.41, 5.74) is 9.57. The molecule has 2 aliphatic rings. The maximum Gasteiger partial charge on any atom is 0.233 e. The number of aromatic nitrogens is 2. The Bertz CT molecular complexity index is 1110. The van der Waals surface area contributed by atoms with E-state index in [1.54, 1.807) is 20.5 Å². The molecule has 2 aromatic heterocycles. The zero-order chi connectivity index (χ0) is 20.7. The van der Waals surface area contributed by atoms with Crippen molar-refractivity contribution in [2.24, 2.45) is 0 Å². The first-order valence-corrected chi connectivity index (χ1v) is 10.2. The van der Waals surface area contributed by atoms with Crippen LogP contribution in [0.25, 0.3) is 10.9 Å². The Morgan fingerprint density at radius 2 is 1.93 bits per heavy atom. The van der Waals surface area contributed by atoms with E-state index in [2.05, 4.69) is 10.2 Å². The fourth-order valence-electron chi connectivity index (χ4n) is 4.39. The van der Waals surface area contributed by atoms with Gasteiger partial charge in [0.1, 0.15) is 17.6 Å². The highest BCUT2D eigenvalue weighted by atomic mass is 16.5. The molecule has 0 radical (unpaired) electrons. The van der Waals surface area contributed by atoms with E-state index in [9.17, 15) is 0 Å². The minimum atomic E-state index is -0.0474. The Balaban J connectivity index is 1.68. The second kappa shape index (κ2) is 7.44. The lowest BCUT2D eigenvalue weighted by atomic mass is 9.96. The van der Waals surface area contributed by atoms with Crippen LogP contribution in [0.5, 0.6) is 11.5 Å². The van der Waals surface area contributed by atoms with Gasteiger partial charge in [0, 0.05) is 29.4 Å². The number of anilines is 2. The van der Waals surface area contributed by atoms with Gasteiger partial charge in [0.05, 0.1) is 26.0 Å². The predicted octanol–water partition coefficient (Wildman–Crippen LogP) is 3.76. The van der Waals surface area contributed by atoms with Gasteiger partial charge in [0.2, 0.25) is 5.95 Å². The average molecular weight is 407 g/mol. The second-order valence-corrected chi connectivity index (χ2v) is 7.55. The normalized spacial score (nSPS) is 18.9. The summed E-state index contributed by atoms with van der Waals surface area (Å²) < 4.78 is 16.6. The summed E-state index contributed by atoms with van der Waals surface area (Å²) in [5, 5.41) is 4.33. The number of nitrogens with zero attached hydrogens (tertiary/aromatic N) is 3. The molecule has 3 heterocycles. The lowest BCUT2D eigenvalue weighted by molar-refractivity contribution is 0.356. The van der Waals surface area contributed by atoms with Crippen molar-refractivity contribution in [1.29, 1.82) is 0 Å². The second-order valence-electron chi connectivity index (χ2n) is 7.55. The van der Waals surface area contributed by atoms with Crippen LogP contribution in [0.1, 0.15) is 37.5 Å². The number of hydrogen-bond donors (Lipinski definition) is 2. The Hall–Kier alpha value is -3.42. The van der Waals surface area contributed by atoms with Crippen molar-refractivity contribution in [2.45, 2.75) is 31.7 Å². The van der Waals surface area contributed by atoms with Crippen molar-refractivity contribution >= 4 is 22.7 Å². The Kier molecular flexibility index (Phi) is 4.61. The van der Waals surface area contributed by atoms with Gasteiger partial charge in [-0.25, -0.2) is 4.98 Å². The maximum absolute atomic E-state index is 6.38. The molecule has 0 saturated heterocycles. The number of ether oxygens (including phenoxy) is 2. The van der Waals surface area contributed by atoms with E-state index in [0.717, 1.165) is 37.0 Å². The summed E-state index contributed by atoms with van der Waals surface area (Å²) in [7, 11) is 3.21. The molecule has 1 unspecified atom stereocenters. The summed E-state index contributed by atoms with van der Waals surface area (Å²) in [6, 6.07) is 7.52. The number of nitrogen functional groups attached to an aromatic ring is 1. The predicted molar refractivity (Wildman–Crippen MR) is 114 cm³/mol. The number of hydrogen-bond acceptors (Lipinski definition) is 8. The summed E-state index contributed by atoms with van der Waals surface area (Å²) in [5.74, 6) is 3.06. The van der Waals surface area contributed by atoms with Gasteiger partial charge in [0.15, 0.2) is 11.5 Å². The molecule has 0 spiro atoms. The SMILES string of the molecule is COc1cc2nc(N3C4=C(CCCC4)NCC3c3ccco3)nc(N)c2cc1OC. The molecule has 8 nitrogen and oxygen atoms in total. The smallest absolute Gasteiger partial charge is 0.233 e. The monoisotopic (exact) mass is 407 g/mol. The first-order valence-electron chi connectivity index (χ1n) is 10.2. The third-order valence-corrected chi connectivity index (χ3v) is 5.86. The van der Waals surface area contributed by atoms with Crippen LogP contribution in [0.2, 0.25) is 0 Å². The quantitative estimate of drug-likeness (QED) is 0.675. The Morgan fingerprint density at radius 1 is 1.13 bits per heavy atom. The van der Waals surface area contributed by atoms with Crippen LogP contribution in [-0.2, 0) is 0 Å². The van der Waals surface area contributed by atoms with Crippen LogP contribution in [0.15, 0.2) is 46.3 Å². The van der Waals surface area contributed by atoms with E-state index in [1.807, 2.05) is 24.3 Å². The molecule has 156 valence electrons. The molecular formula is C22H25N5O3. The summed E-state index contributed by atoms with van der Waals surface area (Å²) >= 11 is 0. The standard InChI is InChI=1S/C22H25N5O3/c1-28-19-10-13-15(11-20(19)29-2)25-22(26-21(13)23)27-16-7-4-3-6-14(16)24-12-17(27)18-8-5-9-30-18/h5,8-11,17,24H,3-4,6-7,12H2,1-2H3,(H2,23,25,26). The summed E-state index contributed by atoms with van der Waals surface area (Å²) in [4.78, 5) is 11.8. The molecule has 0 saturated carbocycles.